The Hall–Kier alpha value is -1.42. The Kier molecular flexibility index (Phi) is 2.57. The fourth-order valence-electron chi connectivity index (χ4n) is 0.670. The number of aromatic nitrogens is 2. The molecule has 11 heavy (non-hydrogen) atoms. The van der Waals surface area contributed by atoms with Gasteiger partial charge in [-0.05, 0) is 12.1 Å². The maximum Gasteiger partial charge on any atom is 0.220 e. The van der Waals surface area contributed by atoms with Gasteiger partial charge in [0.25, 0.3) is 0 Å². The summed E-state index contributed by atoms with van der Waals surface area (Å²) in [6, 6.07) is 1.77. The summed E-state index contributed by atoms with van der Waals surface area (Å²) in [4.78, 5) is 7.68. The van der Waals surface area contributed by atoms with Gasteiger partial charge >= 0.3 is 0 Å². The second kappa shape index (κ2) is 3.68. The van der Waals surface area contributed by atoms with E-state index in [1.165, 1.54) is 0 Å². The lowest BCUT2D eigenvalue weighted by Crippen LogP contribution is -1.96. The second-order valence-corrected chi connectivity index (χ2v) is 1.98. The summed E-state index contributed by atoms with van der Waals surface area (Å²) in [7, 11) is 0. The highest BCUT2D eigenvalue weighted by molar-refractivity contribution is 5.45. The predicted octanol–water partition coefficient (Wildman–Crippen LogP) is 0.0307. The summed E-state index contributed by atoms with van der Waals surface area (Å²) < 4.78 is 0. The third-order valence-corrected chi connectivity index (χ3v) is 1.12. The van der Waals surface area contributed by atoms with Gasteiger partial charge in [-0.1, -0.05) is 6.08 Å². The molecule has 4 nitrogen and oxygen atoms in total. The first kappa shape index (κ1) is 7.68. The molecule has 4 heteroatoms. The third-order valence-electron chi connectivity index (χ3n) is 1.12. The molecule has 0 atom stereocenters. The van der Waals surface area contributed by atoms with E-state index in [0.717, 1.165) is 5.69 Å². The maximum absolute atomic E-state index is 5.34. The van der Waals surface area contributed by atoms with E-state index >= 15 is 0 Å². The van der Waals surface area contributed by atoms with Crippen LogP contribution in [0.4, 0.5) is 5.95 Å². The summed E-state index contributed by atoms with van der Waals surface area (Å²) in [6.07, 6.45) is 5.22. The lowest BCUT2D eigenvalue weighted by atomic mass is 10.3. The van der Waals surface area contributed by atoms with Crippen LogP contribution in [0.1, 0.15) is 5.69 Å². The normalized spacial score (nSPS) is 10.6. The van der Waals surface area contributed by atoms with Gasteiger partial charge in [-0.15, -0.1) is 0 Å². The van der Waals surface area contributed by atoms with Crippen LogP contribution in [0.25, 0.3) is 6.08 Å². The number of nitrogen functional groups attached to an aromatic ring is 1. The van der Waals surface area contributed by atoms with E-state index in [0.29, 0.717) is 6.54 Å². The van der Waals surface area contributed by atoms with Crippen LogP contribution < -0.4 is 11.5 Å². The van der Waals surface area contributed by atoms with Crippen molar-refractivity contribution in [1.82, 2.24) is 9.97 Å². The molecule has 0 aliphatic heterocycles. The molecule has 0 amide bonds. The number of hydrogen-bond acceptors (Lipinski definition) is 4. The van der Waals surface area contributed by atoms with Crippen molar-refractivity contribution in [2.45, 2.75) is 0 Å². The van der Waals surface area contributed by atoms with Crippen molar-refractivity contribution < 1.29 is 0 Å². The fourth-order valence-corrected chi connectivity index (χ4v) is 0.670. The largest absolute Gasteiger partial charge is 0.368 e. The number of anilines is 1. The van der Waals surface area contributed by atoms with Gasteiger partial charge in [-0.2, -0.15) is 0 Å². The predicted molar refractivity (Wildman–Crippen MR) is 44.5 cm³/mol. The minimum atomic E-state index is 0.282. The highest BCUT2D eigenvalue weighted by Crippen LogP contribution is 1.97. The van der Waals surface area contributed by atoms with Crippen molar-refractivity contribution in [3.8, 4) is 0 Å². The molecule has 0 spiro atoms. The van der Waals surface area contributed by atoms with Crippen LogP contribution in [0.5, 0.6) is 0 Å². The summed E-state index contributed by atoms with van der Waals surface area (Å²) in [5.74, 6) is 0.282. The molecule has 0 unspecified atom stereocenters. The van der Waals surface area contributed by atoms with Gasteiger partial charge in [0.1, 0.15) is 0 Å². The quantitative estimate of drug-likeness (QED) is 0.623. The van der Waals surface area contributed by atoms with Gasteiger partial charge in [0.15, 0.2) is 0 Å². The number of nitrogens with two attached hydrogens (primary N) is 2. The summed E-state index contributed by atoms with van der Waals surface area (Å²) in [6.45, 7) is 0.504. The van der Waals surface area contributed by atoms with E-state index in [4.69, 9.17) is 11.5 Å². The molecule has 0 bridgehead atoms. The van der Waals surface area contributed by atoms with Gasteiger partial charge in [0, 0.05) is 12.7 Å². The maximum atomic E-state index is 5.34. The highest BCUT2D eigenvalue weighted by atomic mass is 15.0. The topological polar surface area (TPSA) is 77.8 Å². The second-order valence-electron chi connectivity index (χ2n) is 1.98. The average molecular weight is 150 g/mol. The van der Waals surface area contributed by atoms with Gasteiger partial charge in [-0.25, -0.2) is 9.97 Å². The van der Waals surface area contributed by atoms with Crippen molar-refractivity contribution in [3.63, 3.8) is 0 Å². The van der Waals surface area contributed by atoms with Crippen LogP contribution in [-0.2, 0) is 0 Å². The first-order chi connectivity index (χ1) is 5.33. The highest BCUT2D eigenvalue weighted by Gasteiger charge is 1.88. The molecule has 0 fully saturated rings. The van der Waals surface area contributed by atoms with E-state index in [1.54, 1.807) is 18.3 Å². The molecular formula is C7H10N4. The van der Waals surface area contributed by atoms with Crippen LogP contribution in [0.2, 0.25) is 0 Å². The van der Waals surface area contributed by atoms with Gasteiger partial charge in [0.2, 0.25) is 5.95 Å². The average Bonchev–Trinajstić information content (AvgIpc) is 2.01. The Morgan fingerprint density at radius 2 is 2.36 bits per heavy atom. The molecule has 1 aromatic heterocycles. The summed E-state index contributed by atoms with van der Waals surface area (Å²) >= 11 is 0. The minimum absolute atomic E-state index is 0.282. The van der Waals surface area contributed by atoms with Gasteiger partial charge in [-0.3, -0.25) is 0 Å². The molecule has 0 aliphatic carbocycles. The van der Waals surface area contributed by atoms with E-state index < -0.39 is 0 Å². The molecule has 4 N–H and O–H groups in total. The van der Waals surface area contributed by atoms with Crippen molar-refractivity contribution in [1.29, 1.82) is 0 Å². The third kappa shape index (κ3) is 2.35. The number of nitrogens with zero attached hydrogens (tertiary/aromatic N) is 2. The fraction of sp³-hybridized carbons (Fsp3) is 0.143. The molecule has 1 aromatic rings. The standard InChI is InChI=1S/C7H10N4/c8-4-1-2-6-3-5-10-7(9)11-6/h1-3,5H,4,8H2,(H2,9,10,11). The van der Waals surface area contributed by atoms with Crippen molar-refractivity contribution in [3.05, 3.63) is 24.0 Å². The number of rotatable bonds is 2. The summed E-state index contributed by atoms with van der Waals surface area (Å²) in [5.41, 5.74) is 11.4. The van der Waals surface area contributed by atoms with E-state index in [9.17, 15) is 0 Å². The molecule has 1 heterocycles. The zero-order valence-electron chi connectivity index (χ0n) is 6.07. The van der Waals surface area contributed by atoms with E-state index in [1.807, 2.05) is 6.08 Å². The van der Waals surface area contributed by atoms with Gasteiger partial charge in [0.05, 0.1) is 5.69 Å². The molecule has 0 radical (unpaired) electrons. The van der Waals surface area contributed by atoms with Crippen molar-refractivity contribution in [2.75, 3.05) is 12.3 Å². The van der Waals surface area contributed by atoms with Crippen molar-refractivity contribution >= 4 is 12.0 Å². The first-order valence-electron chi connectivity index (χ1n) is 3.28. The van der Waals surface area contributed by atoms with E-state index in [-0.39, 0.29) is 5.95 Å². The van der Waals surface area contributed by atoms with E-state index in [2.05, 4.69) is 9.97 Å². The Balaban J connectivity index is 2.79. The Bertz CT molecular complexity index is 256. The zero-order valence-corrected chi connectivity index (χ0v) is 6.07. The number of hydrogen-bond donors (Lipinski definition) is 2. The van der Waals surface area contributed by atoms with Crippen LogP contribution in [0, 0.1) is 0 Å². The summed E-state index contributed by atoms with van der Waals surface area (Å²) in [5, 5.41) is 0. The molecule has 0 saturated carbocycles. The molecule has 0 aromatic carbocycles. The molecule has 58 valence electrons. The molecule has 0 saturated heterocycles. The molecule has 1 rings (SSSR count). The van der Waals surface area contributed by atoms with Crippen LogP contribution in [0.15, 0.2) is 18.3 Å². The lowest BCUT2D eigenvalue weighted by molar-refractivity contribution is 1.16. The monoisotopic (exact) mass is 150 g/mol. The van der Waals surface area contributed by atoms with Crippen LogP contribution >= 0.6 is 0 Å². The minimum Gasteiger partial charge on any atom is -0.368 e. The van der Waals surface area contributed by atoms with Crippen LogP contribution in [0.3, 0.4) is 0 Å². The smallest absolute Gasteiger partial charge is 0.220 e. The Labute approximate surface area is 65.0 Å². The molecule has 0 aliphatic rings. The lowest BCUT2D eigenvalue weighted by Gasteiger charge is -1.92. The van der Waals surface area contributed by atoms with Crippen LogP contribution in [-0.4, -0.2) is 16.5 Å². The van der Waals surface area contributed by atoms with Crippen molar-refractivity contribution in [2.24, 2.45) is 5.73 Å². The molecular weight excluding hydrogens is 140 g/mol. The zero-order chi connectivity index (χ0) is 8.10. The SMILES string of the molecule is NCC=Cc1ccnc(N)n1. The Morgan fingerprint density at radius 3 is 3.00 bits per heavy atom. The van der Waals surface area contributed by atoms with Gasteiger partial charge < -0.3 is 11.5 Å². The Morgan fingerprint density at radius 1 is 1.55 bits per heavy atom. The first-order valence-corrected chi connectivity index (χ1v) is 3.28.